The van der Waals surface area contributed by atoms with Crippen molar-refractivity contribution in [3.05, 3.63) is 64.1 Å². The lowest BCUT2D eigenvalue weighted by Crippen LogP contribution is -2.14. The van der Waals surface area contributed by atoms with Crippen molar-refractivity contribution < 1.29 is 9.21 Å². The molecule has 0 radical (unpaired) electrons. The van der Waals surface area contributed by atoms with Crippen molar-refractivity contribution in [3.63, 3.8) is 0 Å². The second-order valence-corrected chi connectivity index (χ2v) is 6.23. The smallest absolute Gasteiger partial charge is 0.405 e. The number of hydrogen-bond acceptors (Lipinski definition) is 3. The molecule has 5 heteroatoms. The lowest BCUT2D eigenvalue weighted by Gasteiger charge is -2.07. The Labute approximate surface area is 146 Å². The van der Waals surface area contributed by atoms with Gasteiger partial charge in [-0.15, -0.1) is 0 Å². The molecule has 130 valence electrons. The van der Waals surface area contributed by atoms with Gasteiger partial charge in [-0.05, 0) is 36.1 Å². The van der Waals surface area contributed by atoms with E-state index in [0.29, 0.717) is 16.8 Å². The number of aryl methyl sites for hydroxylation is 2. The van der Waals surface area contributed by atoms with Gasteiger partial charge in [-0.25, -0.2) is 4.79 Å². The summed E-state index contributed by atoms with van der Waals surface area (Å²) < 4.78 is 6.64. The van der Waals surface area contributed by atoms with Gasteiger partial charge in [-0.2, -0.15) is 0 Å². The van der Waals surface area contributed by atoms with Gasteiger partial charge in [0, 0.05) is 7.05 Å². The average Bonchev–Trinajstić information content (AvgIpc) is 2.90. The Morgan fingerprint density at radius 2 is 1.84 bits per heavy atom. The number of fused-ring (bicyclic) bond motifs is 1. The summed E-state index contributed by atoms with van der Waals surface area (Å²) in [6, 6.07) is 13.4. The van der Waals surface area contributed by atoms with Crippen LogP contribution in [0.1, 0.15) is 30.9 Å². The second-order valence-electron chi connectivity index (χ2n) is 6.23. The van der Waals surface area contributed by atoms with Gasteiger partial charge in [0.1, 0.15) is 0 Å². The number of rotatable bonds is 6. The maximum atomic E-state index is 12.3. The molecule has 0 spiro atoms. The van der Waals surface area contributed by atoms with Crippen LogP contribution in [0.25, 0.3) is 11.1 Å². The van der Waals surface area contributed by atoms with Crippen molar-refractivity contribution >= 4 is 22.7 Å². The standard InChI is InChI=1S/C20H22N2O3/c1-3-4-6-14-9-11-15(12-10-14)13-18(23)21-16-7-5-8-17-19(16)25-20(24)22(17)2/h5,7-12H,3-4,6,13H2,1-2H3,(H,21,23). The van der Waals surface area contributed by atoms with Crippen LogP contribution in [0.2, 0.25) is 0 Å². The molecule has 0 aliphatic carbocycles. The number of carbonyl (C=O) groups is 1. The van der Waals surface area contributed by atoms with Gasteiger partial charge in [0.05, 0.1) is 17.6 Å². The van der Waals surface area contributed by atoms with Crippen molar-refractivity contribution in [2.45, 2.75) is 32.6 Å². The Morgan fingerprint density at radius 1 is 1.12 bits per heavy atom. The summed E-state index contributed by atoms with van der Waals surface area (Å²) in [5.74, 6) is -0.584. The molecule has 3 rings (SSSR count). The van der Waals surface area contributed by atoms with E-state index in [1.165, 1.54) is 23.0 Å². The summed E-state index contributed by atoms with van der Waals surface area (Å²) in [5, 5.41) is 2.84. The van der Waals surface area contributed by atoms with E-state index in [0.717, 1.165) is 12.0 Å². The molecule has 0 aliphatic heterocycles. The number of amides is 1. The summed E-state index contributed by atoms with van der Waals surface area (Å²) in [5.41, 5.74) is 3.82. The molecule has 0 saturated carbocycles. The van der Waals surface area contributed by atoms with Gasteiger partial charge in [0.25, 0.3) is 0 Å². The Hall–Kier alpha value is -2.82. The maximum Gasteiger partial charge on any atom is 0.419 e. The molecule has 1 amide bonds. The molecule has 0 aliphatic rings. The number of benzene rings is 2. The molecule has 0 unspecified atom stereocenters. The zero-order chi connectivity index (χ0) is 17.8. The molecular weight excluding hydrogens is 316 g/mol. The van der Waals surface area contributed by atoms with Crippen molar-refractivity contribution in [2.24, 2.45) is 7.05 Å². The number of carbonyl (C=O) groups excluding carboxylic acids is 1. The number of unbranched alkanes of at least 4 members (excludes halogenated alkanes) is 1. The SMILES string of the molecule is CCCCc1ccc(CC(=O)Nc2cccc3c2oc(=O)n3C)cc1. The highest BCUT2D eigenvalue weighted by Crippen LogP contribution is 2.22. The third-order valence-corrected chi connectivity index (χ3v) is 4.30. The van der Waals surface area contributed by atoms with Crippen LogP contribution >= 0.6 is 0 Å². The Balaban J connectivity index is 1.71. The minimum Gasteiger partial charge on any atom is -0.405 e. The van der Waals surface area contributed by atoms with Crippen LogP contribution in [0.3, 0.4) is 0 Å². The van der Waals surface area contributed by atoms with E-state index in [1.807, 2.05) is 12.1 Å². The third kappa shape index (κ3) is 3.82. The fourth-order valence-corrected chi connectivity index (χ4v) is 2.83. The molecule has 1 aromatic heterocycles. The van der Waals surface area contributed by atoms with E-state index in [2.05, 4.69) is 24.4 Å². The molecule has 2 aromatic carbocycles. The quantitative estimate of drug-likeness (QED) is 0.746. The minimum absolute atomic E-state index is 0.139. The number of hydrogen-bond donors (Lipinski definition) is 1. The van der Waals surface area contributed by atoms with E-state index < -0.39 is 5.76 Å². The fraction of sp³-hybridized carbons (Fsp3) is 0.300. The summed E-state index contributed by atoms with van der Waals surface area (Å²) in [4.78, 5) is 24.0. The second kappa shape index (κ2) is 7.38. The first kappa shape index (κ1) is 17.0. The van der Waals surface area contributed by atoms with Gasteiger partial charge in [-0.1, -0.05) is 43.7 Å². The summed E-state index contributed by atoms with van der Waals surface area (Å²) >= 11 is 0. The predicted molar refractivity (Wildman–Crippen MR) is 98.8 cm³/mol. The van der Waals surface area contributed by atoms with Crippen LogP contribution < -0.4 is 11.1 Å². The number of nitrogens with zero attached hydrogens (tertiary/aromatic N) is 1. The zero-order valence-corrected chi connectivity index (χ0v) is 14.5. The zero-order valence-electron chi connectivity index (χ0n) is 14.5. The molecule has 3 aromatic rings. The van der Waals surface area contributed by atoms with Crippen LogP contribution in [-0.4, -0.2) is 10.5 Å². The van der Waals surface area contributed by atoms with Crippen molar-refractivity contribution in [1.82, 2.24) is 4.57 Å². The highest BCUT2D eigenvalue weighted by atomic mass is 16.4. The molecule has 1 N–H and O–H groups in total. The highest BCUT2D eigenvalue weighted by Gasteiger charge is 2.12. The predicted octanol–water partition coefficient (Wildman–Crippen LogP) is 3.66. The minimum atomic E-state index is -0.445. The molecule has 0 saturated heterocycles. The first-order chi connectivity index (χ1) is 12.1. The van der Waals surface area contributed by atoms with Gasteiger partial charge < -0.3 is 9.73 Å². The average molecular weight is 338 g/mol. The summed E-state index contributed by atoms with van der Waals surface area (Å²) in [6.07, 6.45) is 3.69. The van der Waals surface area contributed by atoms with Crippen molar-refractivity contribution in [1.29, 1.82) is 0 Å². The van der Waals surface area contributed by atoms with Crippen molar-refractivity contribution in [3.8, 4) is 0 Å². The van der Waals surface area contributed by atoms with E-state index in [1.54, 1.807) is 25.2 Å². The lowest BCUT2D eigenvalue weighted by molar-refractivity contribution is -0.115. The molecule has 0 bridgehead atoms. The summed E-state index contributed by atoms with van der Waals surface area (Å²) in [7, 11) is 1.64. The van der Waals surface area contributed by atoms with Crippen LogP contribution in [0.15, 0.2) is 51.7 Å². The first-order valence-corrected chi connectivity index (χ1v) is 8.54. The molecule has 1 heterocycles. The van der Waals surface area contributed by atoms with Gasteiger partial charge in [0.2, 0.25) is 5.91 Å². The van der Waals surface area contributed by atoms with Crippen LogP contribution in [0.4, 0.5) is 5.69 Å². The number of oxazole rings is 1. The normalized spacial score (nSPS) is 11.0. The molecule has 5 nitrogen and oxygen atoms in total. The number of para-hydroxylation sites is 1. The Bertz CT molecular complexity index is 936. The molecule has 0 fully saturated rings. The van der Waals surface area contributed by atoms with Crippen LogP contribution in [-0.2, 0) is 24.7 Å². The van der Waals surface area contributed by atoms with E-state index in [9.17, 15) is 9.59 Å². The topological polar surface area (TPSA) is 64.2 Å². The fourth-order valence-electron chi connectivity index (χ4n) is 2.83. The Morgan fingerprint density at radius 3 is 2.56 bits per heavy atom. The molecule has 25 heavy (non-hydrogen) atoms. The lowest BCUT2D eigenvalue weighted by atomic mass is 10.0. The monoisotopic (exact) mass is 338 g/mol. The number of aromatic nitrogens is 1. The first-order valence-electron chi connectivity index (χ1n) is 8.54. The van der Waals surface area contributed by atoms with Gasteiger partial charge in [-0.3, -0.25) is 9.36 Å². The van der Waals surface area contributed by atoms with Crippen LogP contribution in [0.5, 0.6) is 0 Å². The number of anilines is 1. The summed E-state index contributed by atoms with van der Waals surface area (Å²) in [6.45, 7) is 2.17. The van der Waals surface area contributed by atoms with Crippen LogP contribution in [0, 0.1) is 0 Å². The van der Waals surface area contributed by atoms with Crippen molar-refractivity contribution in [2.75, 3.05) is 5.32 Å². The molecular formula is C20H22N2O3. The molecule has 0 atom stereocenters. The largest absolute Gasteiger partial charge is 0.419 e. The maximum absolute atomic E-state index is 12.3. The number of nitrogens with one attached hydrogen (secondary N) is 1. The van der Waals surface area contributed by atoms with E-state index >= 15 is 0 Å². The van der Waals surface area contributed by atoms with E-state index in [4.69, 9.17) is 4.42 Å². The third-order valence-electron chi connectivity index (χ3n) is 4.30. The van der Waals surface area contributed by atoms with Gasteiger partial charge >= 0.3 is 5.76 Å². The Kier molecular flexibility index (Phi) is 5.03. The van der Waals surface area contributed by atoms with Gasteiger partial charge in [0.15, 0.2) is 5.58 Å². The van der Waals surface area contributed by atoms with E-state index in [-0.39, 0.29) is 12.3 Å². The highest BCUT2D eigenvalue weighted by molar-refractivity contribution is 5.99.